The fourth-order valence-corrected chi connectivity index (χ4v) is 2.38. The molecule has 2 N–H and O–H groups in total. The number of hydrogen-bond acceptors (Lipinski definition) is 7. The first-order valence-corrected chi connectivity index (χ1v) is 7.41. The molecule has 0 atom stereocenters. The van der Waals surface area contributed by atoms with Gasteiger partial charge in [-0.1, -0.05) is 5.10 Å². The summed E-state index contributed by atoms with van der Waals surface area (Å²) in [5, 5.41) is 16.9. The molecule has 9 nitrogen and oxygen atoms in total. The van der Waals surface area contributed by atoms with Crippen molar-refractivity contribution in [1.82, 2.24) is 20.4 Å². The largest absolute Gasteiger partial charge is 0.466 e. The van der Waals surface area contributed by atoms with Crippen LogP contribution in [0.3, 0.4) is 0 Å². The van der Waals surface area contributed by atoms with Crippen molar-refractivity contribution < 1.29 is 18.0 Å². The Kier molecular flexibility index (Phi) is 3.46. The topological polar surface area (TPSA) is 123 Å². The molecule has 4 aromatic heterocycles. The van der Waals surface area contributed by atoms with Crippen LogP contribution in [0.1, 0.15) is 22.0 Å². The van der Waals surface area contributed by atoms with E-state index < -0.39 is 5.91 Å². The van der Waals surface area contributed by atoms with Gasteiger partial charge in [0.05, 0.1) is 11.8 Å². The minimum atomic E-state index is -0.482. The Balaban J connectivity index is 1.51. The molecule has 1 amide bonds. The third-order valence-electron chi connectivity index (χ3n) is 3.51. The molecule has 0 bridgehead atoms. The van der Waals surface area contributed by atoms with E-state index in [9.17, 15) is 4.79 Å². The summed E-state index contributed by atoms with van der Waals surface area (Å²) in [6.07, 6.45) is 1.54. The minimum absolute atomic E-state index is 0.0270. The zero-order valence-corrected chi connectivity index (χ0v) is 13.4. The molecule has 0 aliphatic heterocycles. The Morgan fingerprint density at radius 1 is 1.20 bits per heavy atom. The maximum atomic E-state index is 12.2. The molecule has 4 rings (SSSR count). The van der Waals surface area contributed by atoms with E-state index in [1.165, 1.54) is 6.26 Å². The summed E-state index contributed by atoms with van der Waals surface area (Å²) in [6, 6.07) is 6.83. The summed E-state index contributed by atoms with van der Waals surface area (Å²) in [6.45, 7) is 3.62. The van der Waals surface area contributed by atoms with Gasteiger partial charge in [-0.2, -0.15) is 5.10 Å². The second kappa shape index (κ2) is 5.78. The number of nitrogens with one attached hydrogen (secondary N) is 2. The number of amides is 1. The lowest BCUT2D eigenvalue weighted by molar-refractivity contribution is 0.101. The summed E-state index contributed by atoms with van der Waals surface area (Å²) in [5.41, 5.74) is 1.44. The minimum Gasteiger partial charge on any atom is -0.466 e. The molecule has 0 aliphatic rings. The Hall–Kier alpha value is -3.62. The Bertz CT molecular complexity index is 1020. The summed E-state index contributed by atoms with van der Waals surface area (Å²) in [4.78, 5) is 12.2. The number of anilines is 1. The molecule has 0 radical (unpaired) electrons. The summed E-state index contributed by atoms with van der Waals surface area (Å²) in [7, 11) is 0. The highest BCUT2D eigenvalue weighted by Gasteiger charge is 2.18. The van der Waals surface area contributed by atoms with E-state index >= 15 is 0 Å². The maximum absolute atomic E-state index is 12.2. The first-order valence-electron chi connectivity index (χ1n) is 7.41. The van der Waals surface area contributed by atoms with Gasteiger partial charge in [0.2, 0.25) is 0 Å². The first kappa shape index (κ1) is 14.9. The van der Waals surface area contributed by atoms with Crippen molar-refractivity contribution in [2.75, 3.05) is 5.32 Å². The van der Waals surface area contributed by atoms with Crippen molar-refractivity contribution in [2.24, 2.45) is 0 Å². The highest BCUT2D eigenvalue weighted by molar-refractivity contribution is 6.02. The standard InChI is InChI=1S/C16H13N5O4/c1-8-6-10(9(2)24-8)15-20-21-16(25-15)17-14(22)12-7-11(18-19-12)13-4-3-5-23-13/h3-7H,1-2H3,(H,18,19)(H,17,21,22). The number of aromatic amines is 1. The second-order valence-electron chi connectivity index (χ2n) is 5.34. The van der Waals surface area contributed by atoms with Gasteiger partial charge in [0.1, 0.15) is 17.2 Å². The van der Waals surface area contributed by atoms with Gasteiger partial charge < -0.3 is 13.3 Å². The third kappa shape index (κ3) is 2.82. The zero-order valence-electron chi connectivity index (χ0n) is 13.4. The maximum Gasteiger partial charge on any atom is 0.322 e. The van der Waals surface area contributed by atoms with Crippen LogP contribution in [-0.2, 0) is 0 Å². The molecular formula is C16H13N5O4. The molecule has 0 aromatic carbocycles. The van der Waals surface area contributed by atoms with Crippen LogP contribution in [0, 0.1) is 13.8 Å². The van der Waals surface area contributed by atoms with Crippen molar-refractivity contribution in [3.63, 3.8) is 0 Å². The van der Waals surface area contributed by atoms with Gasteiger partial charge in [-0.05, 0) is 32.0 Å². The molecule has 0 saturated heterocycles. The van der Waals surface area contributed by atoms with Gasteiger partial charge in [-0.25, -0.2) is 0 Å². The Labute approximate surface area is 141 Å². The van der Waals surface area contributed by atoms with E-state index in [2.05, 4.69) is 25.7 Å². The SMILES string of the molecule is Cc1cc(-c2nnc(NC(=O)c3cc(-c4ccco4)[nH]n3)o2)c(C)o1. The van der Waals surface area contributed by atoms with Crippen LogP contribution in [0.2, 0.25) is 0 Å². The predicted molar refractivity (Wildman–Crippen MR) is 85.7 cm³/mol. The second-order valence-corrected chi connectivity index (χ2v) is 5.34. The normalized spacial score (nSPS) is 11.0. The van der Waals surface area contributed by atoms with Crippen molar-refractivity contribution in [3.05, 3.63) is 47.7 Å². The van der Waals surface area contributed by atoms with E-state index in [4.69, 9.17) is 13.3 Å². The fraction of sp³-hybridized carbons (Fsp3) is 0.125. The monoisotopic (exact) mass is 339 g/mol. The summed E-state index contributed by atoms with van der Waals surface area (Å²) in [5.74, 6) is 1.76. The van der Waals surface area contributed by atoms with Crippen LogP contribution in [0.25, 0.3) is 22.9 Å². The average Bonchev–Trinajstić information content (AvgIpc) is 3.34. The molecule has 0 unspecified atom stereocenters. The number of H-pyrrole nitrogens is 1. The molecule has 0 spiro atoms. The van der Waals surface area contributed by atoms with Gasteiger partial charge in [0.15, 0.2) is 11.5 Å². The van der Waals surface area contributed by atoms with Crippen LogP contribution in [0.15, 0.2) is 43.8 Å². The number of aromatic nitrogens is 4. The number of nitrogens with zero attached hydrogens (tertiary/aromatic N) is 3. The third-order valence-corrected chi connectivity index (χ3v) is 3.51. The lowest BCUT2D eigenvalue weighted by atomic mass is 10.2. The van der Waals surface area contributed by atoms with Crippen LogP contribution >= 0.6 is 0 Å². The van der Waals surface area contributed by atoms with Gasteiger partial charge in [-0.3, -0.25) is 15.2 Å². The van der Waals surface area contributed by atoms with Crippen molar-refractivity contribution >= 4 is 11.9 Å². The van der Waals surface area contributed by atoms with Gasteiger partial charge >= 0.3 is 6.01 Å². The Morgan fingerprint density at radius 3 is 2.80 bits per heavy atom. The average molecular weight is 339 g/mol. The number of carbonyl (C=O) groups excluding carboxylic acids is 1. The summed E-state index contributed by atoms with van der Waals surface area (Å²) >= 11 is 0. The lowest BCUT2D eigenvalue weighted by Gasteiger charge is -1.95. The molecule has 0 aliphatic carbocycles. The van der Waals surface area contributed by atoms with E-state index in [1.807, 2.05) is 6.92 Å². The van der Waals surface area contributed by atoms with Gasteiger partial charge in [0, 0.05) is 6.07 Å². The number of aryl methyl sites for hydroxylation is 2. The molecule has 0 saturated carbocycles. The number of hydrogen-bond donors (Lipinski definition) is 2. The quantitative estimate of drug-likeness (QED) is 0.585. The molecule has 4 heterocycles. The highest BCUT2D eigenvalue weighted by Crippen LogP contribution is 2.26. The molecule has 0 fully saturated rings. The van der Waals surface area contributed by atoms with E-state index in [1.54, 1.807) is 31.2 Å². The predicted octanol–water partition coefficient (Wildman–Crippen LogP) is 3.18. The van der Waals surface area contributed by atoms with E-state index in [0.717, 1.165) is 5.76 Å². The smallest absolute Gasteiger partial charge is 0.322 e. The van der Waals surface area contributed by atoms with Crippen LogP contribution in [-0.4, -0.2) is 26.3 Å². The molecule has 4 aromatic rings. The van der Waals surface area contributed by atoms with Crippen molar-refractivity contribution in [2.45, 2.75) is 13.8 Å². The molecular weight excluding hydrogens is 326 g/mol. The number of furan rings is 2. The molecule has 25 heavy (non-hydrogen) atoms. The number of rotatable bonds is 4. The molecule has 9 heteroatoms. The summed E-state index contributed by atoms with van der Waals surface area (Å²) < 4.78 is 16.1. The van der Waals surface area contributed by atoms with Gasteiger partial charge in [0.25, 0.3) is 11.8 Å². The van der Waals surface area contributed by atoms with E-state index in [-0.39, 0.29) is 17.6 Å². The lowest BCUT2D eigenvalue weighted by Crippen LogP contribution is -2.12. The number of carbonyl (C=O) groups is 1. The first-order chi connectivity index (χ1) is 12.1. The van der Waals surface area contributed by atoms with Crippen molar-refractivity contribution in [3.8, 4) is 22.9 Å². The van der Waals surface area contributed by atoms with Crippen LogP contribution < -0.4 is 5.32 Å². The van der Waals surface area contributed by atoms with Gasteiger partial charge in [-0.15, -0.1) is 5.10 Å². The zero-order chi connectivity index (χ0) is 17.4. The van der Waals surface area contributed by atoms with Crippen LogP contribution in [0.5, 0.6) is 0 Å². The van der Waals surface area contributed by atoms with Crippen LogP contribution in [0.4, 0.5) is 6.01 Å². The van der Waals surface area contributed by atoms with E-state index in [0.29, 0.717) is 22.8 Å². The fourth-order valence-electron chi connectivity index (χ4n) is 2.38. The van der Waals surface area contributed by atoms with Crippen molar-refractivity contribution in [1.29, 1.82) is 0 Å². The highest BCUT2D eigenvalue weighted by atomic mass is 16.4. The Morgan fingerprint density at radius 2 is 2.08 bits per heavy atom. The molecule has 126 valence electrons.